The van der Waals surface area contributed by atoms with E-state index in [9.17, 15) is 4.79 Å². The zero-order valence-electron chi connectivity index (χ0n) is 9.23. The number of hydrogen-bond acceptors (Lipinski definition) is 6. The fourth-order valence-electron chi connectivity index (χ4n) is 1.26. The Morgan fingerprint density at radius 3 is 3.06 bits per heavy atom. The molecule has 0 aliphatic heterocycles. The second kappa shape index (κ2) is 4.91. The lowest BCUT2D eigenvalue weighted by atomic mass is 10.3. The number of nitrogens with two attached hydrogens (primary N) is 1. The molecule has 4 N–H and O–H groups in total. The van der Waals surface area contributed by atoms with E-state index in [1.807, 2.05) is 0 Å². The van der Waals surface area contributed by atoms with Gasteiger partial charge in [-0.15, -0.1) is 10.2 Å². The average Bonchev–Trinajstić information content (AvgIpc) is 2.88. The van der Waals surface area contributed by atoms with Crippen LogP contribution in [0.25, 0.3) is 0 Å². The molecule has 17 heavy (non-hydrogen) atoms. The monoisotopic (exact) mass is 252 g/mol. The maximum atomic E-state index is 11.8. The zero-order valence-corrected chi connectivity index (χ0v) is 10.0. The third kappa shape index (κ3) is 2.59. The van der Waals surface area contributed by atoms with Crippen molar-refractivity contribution >= 4 is 28.2 Å². The van der Waals surface area contributed by atoms with Crippen LogP contribution in [-0.2, 0) is 6.42 Å². The van der Waals surface area contributed by atoms with E-state index in [2.05, 4.69) is 32.6 Å². The molecule has 1 amide bonds. The fraction of sp³-hybridized carbons (Fsp3) is 0.333. The first-order valence-electron chi connectivity index (χ1n) is 5.13. The molecule has 0 atom stereocenters. The number of aromatic nitrogens is 4. The Morgan fingerprint density at radius 1 is 1.59 bits per heavy atom. The molecule has 2 aromatic rings. The van der Waals surface area contributed by atoms with E-state index in [4.69, 9.17) is 5.73 Å². The van der Waals surface area contributed by atoms with Crippen molar-refractivity contribution in [3.05, 3.63) is 16.8 Å². The van der Waals surface area contributed by atoms with Crippen molar-refractivity contribution in [2.24, 2.45) is 0 Å². The van der Waals surface area contributed by atoms with Crippen LogP contribution < -0.4 is 11.1 Å². The molecule has 0 fully saturated rings. The molecule has 0 aliphatic carbocycles. The van der Waals surface area contributed by atoms with Crippen LogP contribution in [0.2, 0.25) is 0 Å². The van der Waals surface area contributed by atoms with Crippen LogP contribution in [0.15, 0.2) is 6.20 Å². The summed E-state index contributed by atoms with van der Waals surface area (Å²) in [7, 11) is 0. The first-order chi connectivity index (χ1) is 8.20. The summed E-state index contributed by atoms with van der Waals surface area (Å²) in [5.74, 6) is -0.101. The number of carbonyl (C=O) groups is 1. The van der Waals surface area contributed by atoms with Gasteiger partial charge in [0.25, 0.3) is 5.91 Å². The summed E-state index contributed by atoms with van der Waals surface area (Å²) in [5, 5.41) is 18.0. The average molecular weight is 252 g/mol. The molecule has 8 heteroatoms. The Balaban J connectivity index is 2.05. The van der Waals surface area contributed by atoms with Crippen molar-refractivity contribution in [1.29, 1.82) is 0 Å². The Labute approximate surface area is 101 Å². The van der Waals surface area contributed by atoms with E-state index in [0.29, 0.717) is 10.7 Å². The van der Waals surface area contributed by atoms with Gasteiger partial charge in [0, 0.05) is 6.42 Å². The number of rotatable bonds is 4. The van der Waals surface area contributed by atoms with Crippen molar-refractivity contribution in [3.8, 4) is 0 Å². The molecule has 0 aromatic carbocycles. The van der Waals surface area contributed by atoms with Crippen LogP contribution in [0.4, 0.5) is 10.9 Å². The first-order valence-corrected chi connectivity index (χ1v) is 5.95. The Bertz CT molecular complexity index is 519. The molecule has 0 unspecified atom stereocenters. The number of carbonyl (C=O) groups excluding carboxylic acids is 1. The Morgan fingerprint density at radius 2 is 2.41 bits per heavy atom. The van der Waals surface area contributed by atoms with Crippen LogP contribution in [0.5, 0.6) is 0 Å². The SMILES string of the molecule is CCCc1nnc(NC(=O)c2cn[nH]c2N)s1. The smallest absolute Gasteiger partial charge is 0.262 e. The van der Waals surface area contributed by atoms with Gasteiger partial charge in [0.05, 0.1) is 6.20 Å². The van der Waals surface area contributed by atoms with Crippen molar-refractivity contribution in [2.75, 3.05) is 11.1 Å². The van der Waals surface area contributed by atoms with Gasteiger partial charge in [-0.2, -0.15) is 5.10 Å². The summed E-state index contributed by atoms with van der Waals surface area (Å²) in [5.41, 5.74) is 5.84. The number of amides is 1. The normalized spacial score (nSPS) is 10.4. The van der Waals surface area contributed by atoms with E-state index in [-0.39, 0.29) is 11.7 Å². The summed E-state index contributed by atoms with van der Waals surface area (Å²) >= 11 is 1.36. The highest BCUT2D eigenvalue weighted by Gasteiger charge is 2.13. The predicted octanol–water partition coefficient (Wildman–Crippen LogP) is 1.05. The lowest BCUT2D eigenvalue weighted by molar-refractivity contribution is 0.102. The molecule has 0 saturated carbocycles. The molecule has 0 aliphatic rings. The number of H-pyrrole nitrogens is 1. The molecule has 2 rings (SSSR count). The maximum Gasteiger partial charge on any atom is 0.262 e. The van der Waals surface area contributed by atoms with Crippen LogP contribution >= 0.6 is 11.3 Å². The minimum Gasteiger partial charge on any atom is -0.383 e. The third-order valence-electron chi connectivity index (χ3n) is 2.06. The standard InChI is InChI=1S/C9H12N6OS/c1-2-3-6-13-15-9(17-6)12-8(16)5-4-11-14-7(5)10/h4H,2-3H2,1H3,(H3,10,11,14)(H,12,15,16). The summed E-state index contributed by atoms with van der Waals surface area (Å²) in [6, 6.07) is 0. The number of nitrogens with zero attached hydrogens (tertiary/aromatic N) is 3. The molecule has 0 spiro atoms. The topological polar surface area (TPSA) is 110 Å². The van der Waals surface area contributed by atoms with Gasteiger partial charge in [-0.05, 0) is 6.42 Å². The van der Waals surface area contributed by atoms with Crippen LogP contribution in [0, 0.1) is 0 Å². The number of hydrogen-bond donors (Lipinski definition) is 3. The first kappa shape index (κ1) is 11.5. The van der Waals surface area contributed by atoms with E-state index < -0.39 is 0 Å². The molecule has 0 saturated heterocycles. The van der Waals surface area contributed by atoms with Gasteiger partial charge in [-0.25, -0.2) is 0 Å². The second-order valence-electron chi connectivity index (χ2n) is 3.40. The fourth-order valence-corrected chi connectivity index (χ4v) is 2.10. The third-order valence-corrected chi connectivity index (χ3v) is 2.96. The van der Waals surface area contributed by atoms with Gasteiger partial charge >= 0.3 is 0 Å². The Hall–Kier alpha value is -1.96. The predicted molar refractivity (Wildman–Crippen MR) is 64.9 cm³/mol. The molecule has 2 heterocycles. The van der Waals surface area contributed by atoms with Crippen molar-refractivity contribution in [2.45, 2.75) is 19.8 Å². The summed E-state index contributed by atoms with van der Waals surface area (Å²) in [6.45, 7) is 2.06. The van der Waals surface area contributed by atoms with Gasteiger partial charge in [-0.1, -0.05) is 18.3 Å². The second-order valence-corrected chi connectivity index (χ2v) is 4.46. The molecule has 0 radical (unpaired) electrons. The largest absolute Gasteiger partial charge is 0.383 e. The molecular formula is C9H12N6OS. The number of nitrogen functional groups attached to an aromatic ring is 1. The zero-order chi connectivity index (χ0) is 12.3. The van der Waals surface area contributed by atoms with Gasteiger partial charge in [0.2, 0.25) is 5.13 Å². The minimum atomic E-state index is -0.338. The highest BCUT2D eigenvalue weighted by atomic mass is 32.1. The van der Waals surface area contributed by atoms with E-state index >= 15 is 0 Å². The maximum absolute atomic E-state index is 11.8. The number of nitrogens with one attached hydrogen (secondary N) is 2. The van der Waals surface area contributed by atoms with Gasteiger partial charge in [0.15, 0.2) is 0 Å². The van der Waals surface area contributed by atoms with E-state index in [1.54, 1.807) is 0 Å². The number of aromatic amines is 1. The summed E-state index contributed by atoms with van der Waals surface area (Å²) < 4.78 is 0. The van der Waals surface area contributed by atoms with Crippen LogP contribution in [-0.4, -0.2) is 26.3 Å². The van der Waals surface area contributed by atoms with E-state index in [0.717, 1.165) is 17.8 Å². The van der Waals surface area contributed by atoms with Crippen molar-refractivity contribution in [3.63, 3.8) is 0 Å². The molecular weight excluding hydrogens is 240 g/mol. The van der Waals surface area contributed by atoms with Gasteiger partial charge < -0.3 is 5.73 Å². The van der Waals surface area contributed by atoms with Crippen molar-refractivity contribution in [1.82, 2.24) is 20.4 Å². The summed E-state index contributed by atoms with van der Waals surface area (Å²) in [4.78, 5) is 11.8. The molecule has 0 bridgehead atoms. The highest BCUT2D eigenvalue weighted by Crippen LogP contribution is 2.18. The number of anilines is 2. The van der Waals surface area contributed by atoms with Crippen molar-refractivity contribution < 1.29 is 4.79 Å². The molecule has 7 nitrogen and oxygen atoms in total. The lowest BCUT2D eigenvalue weighted by Crippen LogP contribution is -2.12. The Kier molecular flexibility index (Phi) is 3.33. The van der Waals surface area contributed by atoms with Crippen LogP contribution in [0.1, 0.15) is 28.7 Å². The number of aryl methyl sites for hydroxylation is 1. The quantitative estimate of drug-likeness (QED) is 0.753. The highest BCUT2D eigenvalue weighted by molar-refractivity contribution is 7.15. The minimum absolute atomic E-state index is 0.237. The van der Waals surface area contributed by atoms with Gasteiger partial charge in [-0.3, -0.25) is 15.2 Å². The molecule has 90 valence electrons. The van der Waals surface area contributed by atoms with Crippen LogP contribution in [0.3, 0.4) is 0 Å². The van der Waals surface area contributed by atoms with Gasteiger partial charge in [0.1, 0.15) is 16.4 Å². The summed E-state index contributed by atoms with van der Waals surface area (Å²) in [6.07, 6.45) is 3.23. The van der Waals surface area contributed by atoms with E-state index in [1.165, 1.54) is 17.5 Å². The lowest BCUT2D eigenvalue weighted by Gasteiger charge is -1.98. The molecule has 2 aromatic heterocycles.